The minimum Gasteiger partial charge on any atom is -0.396 e. The van der Waals surface area contributed by atoms with Crippen LogP contribution >= 0.6 is 0 Å². The van der Waals surface area contributed by atoms with Gasteiger partial charge in [0.1, 0.15) is 0 Å². The van der Waals surface area contributed by atoms with Gasteiger partial charge in [-0.05, 0) is 26.3 Å². The van der Waals surface area contributed by atoms with Gasteiger partial charge in [0.05, 0.1) is 6.10 Å². The van der Waals surface area contributed by atoms with Crippen molar-refractivity contribution in [1.82, 2.24) is 4.90 Å². The third-order valence-corrected chi connectivity index (χ3v) is 3.20. The molecule has 2 N–H and O–H groups in total. The van der Waals surface area contributed by atoms with Crippen molar-refractivity contribution in [2.75, 3.05) is 19.7 Å². The largest absolute Gasteiger partial charge is 0.396 e. The number of nitrogens with zero attached hydrogens (tertiary/aromatic N) is 1. The summed E-state index contributed by atoms with van der Waals surface area (Å²) in [4.78, 5) is 2.30. The molecular weight excluding hydrogens is 166 g/mol. The minimum atomic E-state index is -0.340. The van der Waals surface area contributed by atoms with Crippen LogP contribution in [0, 0.1) is 5.92 Å². The lowest BCUT2D eigenvalue weighted by atomic mass is 9.93. The predicted octanol–water partition coefficient (Wildman–Crippen LogP) is 0.460. The number of β-amino-alcohol motifs (C(OH)–C–C–N with tert-alkyl or cyclic N) is 1. The Labute approximate surface area is 80.4 Å². The minimum absolute atomic E-state index is 0.0975. The Balaban J connectivity index is 2.40. The first kappa shape index (κ1) is 11.0. The SMILES string of the molecule is CCC(C)N1CCC(CO)C(O)C1. The first-order valence-electron chi connectivity index (χ1n) is 5.22. The Kier molecular flexibility index (Phi) is 4.16. The molecule has 0 aliphatic carbocycles. The van der Waals surface area contributed by atoms with E-state index in [-0.39, 0.29) is 18.6 Å². The highest BCUT2D eigenvalue weighted by Gasteiger charge is 2.28. The summed E-state index contributed by atoms with van der Waals surface area (Å²) < 4.78 is 0. The van der Waals surface area contributed by atoms with E-state index in [1.165, 1.54) is 0 Å². The summed E-state index contributed by atoms with van der Waals surface area (Å²) in [6.45, 7) is 6.20. The Hall–Kier alpha value is -0.120. The summed E-state index contributed by atoms with van der Waals surface area (Å²) in [5.74, 6) is 0.0975. The number of aliphatic hydroxyl groups excluding tert-OH is 2. The molecule has 0 aromatic rings. The van der Waals surface area contributed by atoms with Crippen molar-refractivity contribution in [1.29, 1.82) is 0 Å². The van der Waals surface area contributed by atoms with E-state index >= 15 is 0 Å². The maximum absolute atomic E-state index is 9.68. The van der Waals surface area contributed by atoms with Crippen molar-refractivity contribution in [3.05, 3.63) is 0 Å². The van der Waals surface area contributed by atoms with Gasteiger partial charge >= 0.3 is 0 Å². The molecule has 78 valence electrons. The molecular formula is C10H21NO2. The summed E-state index contributed by atoms with van der Waals surface area (Å²) >= 11 is 0. The third kappa shape index (κ3) is 2.66. The molecule has 0 spiro atoms. The summed E-state index contributed by atoms with van der Waals surface area (Å²) in [5.41, 5.74) is 0. The van der Waals surface area contributed by atoms with Gasteiger partial charge in [0.15, 0.2) is 0 Å². The molecule has 1 fully saturated rings. The van der Waals surface area contributed by atoms with E-state index in [1.807, 2.05) is 0 Å². The summed E-state index contributed by atoms with van der Waals surface area (Å²) in [6, 6.07) is 0.550. The van der Waals surface area contributed by atoms with Gasteiger partial charge in [-0.15, -0.1) is 0 Å². The molecule has 0 aromatic heterocycles. The molecule has 1 saturated heterocycles. The molecule has 13 heavy (non-hydrogen) atoms. The maximum atomic E-state index is 9.68. The smallest absolute Gasteiger partial charge is 0.0717 e. The average molecular weight is 187 g/mol. The fraction of sp³-hybridized carbons (Fsp3) is 1.00. The zero-order chi connectivity index (χ0) is 9.84. The van der Waals surface area contributed by atoms with E-state index < -0.39 is 0 Å². The molecule has 1 rings (SSSR count). The standard InChI is InChI=1S/C10H21NO2/c1-3-8(2)11-5-4-9(7-12)10(13)6-11/h8-10,12-13H,3-7H2,1-2H3. The molecule has 0 bridgehead atoms. The third-order valence-electron chi connectivity index (χ3n) is 3.20. The fourth-order valence-electron chi connectivity index (χ4n) is 1.88. The Morgan fingerprint density at radius 3 is 2.69 bits per heavy atom. The molecule has 1 aliphatic heterocycles. The number of piperidine rings is 1. The van der Waals surface area contributed by atoms with Gasteiger partial charge in [0, 0.05) is 25.1 Å². The van der Waals surface area contributed by atoms with Crippen LogP contribution in [0.15, 0.2) is 0 Å². The second-order valence-electron chi connectivity index (χ2n) is 4.05. The van der Waals surface area contributed by atoms with Crippen LogP contribution in [0.1, 0.15) is 26.7 Å². The zero-order valence-corrected chi connectivity index (χ0v) is 8.61. The van der Waals surface area contributed by atoms with Crippen LogP contribution in [0.3, 0.4) is 0 Å². The number of rotatable bonds is 3. The number of aliphatic hydroxyl groups is 2. The van der Waals surface area contributed by atoms with Crippen molar-refractivity contribution < 1.29 is 10.2 Å². The van der Waals surface area contributed by atoms with Crippen molar-refractivity contribution in [2.45, 2.75) is 38.8 Å². The van der Waals surface area contributed by atoms with E-state index in [0.29, 0.717) is 6.04 Å². The topological polar surface area (TPSA) is 43.7 Å². The van der Waals surface area contributed by atoms with Crippen molar-refractivity contribution in [2.24, 2.45) is 5.92 Å². The first-order valence-corrected chi connectivity index (χ1v) is 5.22. The van der Waals surface area contributed by atoms with E-state index in [9.17, 15) is 5.11 Å². The van der Waals surface area contributed by atoms with Gasteiger partial charge in [0.2, 0.25) is 0 Å². The van der Waals surface area contributed by atoms with E-state index in [4.69, 9.17) is 5.11 Å². The molecule has 3 heteroatoms. The average Bonchev–Trinajstić information content (AvgIpc) is 2.16. The molecule has 3 nitrogen and oxygen atoms in total. The Bertz CT molecular complexity index is 152. The number of hydrogen-bond acceptors (Lipinski definition) is 3. The molecule has 0 saturated carbocycles. The zero-order valence-electron chi connectivity index (χ0n) is 8.61. The van der Waals surface area contributed by atoms with E-state index in [0.717, 1.165) is 25.9 Å². The van der Waals surface area contributed by atoms with Crippen molar-refractivity contribution in [3.63, 3.8) is 0 Å². The van der Waals surface area contributed by atoms with Crippen LogP contribution in [-0.2, 0) is 0 Å². The molecule has 3 unspecified atom stereocenters. The van der Waals surface area contributed by atoms with Crippen LogP contribution in [-0.4, -0.2) is 47.0 Å². The van der Waals surface area contributed by atoms with Crippen LogP contribution in [0.4, 0.5) is 0 Å². The van der Waals surface area contributed by atoms with E-state index in [1.54, 1.807) is 0 Å². The highest BCUT2D eigenvalue weighted by atomic mass is 16.3. The molecule has 0 amide bonds. The molecule has 0 radical (unpaired) electrons. The summed E-state index contributed by atoms with van der Waals surface area (Å²) in [7, 11) is 0. The van der Waals surface area contributed by atoms with Crippen LogP contribution in [0.2, 0.25) is 0 Å². The Morgan fingerprint density at radius 2 is 2.23 bits per heavy atom. The van der Waals surface area contributed by atoms with Gasteiger partial charge in [0.25, 0.3) is 0 Å². The highest BCUT2D eigenvalue weighted by Crippen LogP contribution is 2.19. The fourth-order valence-corrected chi connectivity index (χ4v) is 1.88. The van der Waals surface area contributed by atoms with Gasteiger partial charge in [-0.3, -0.25) is 4.90 Å². The van der Waals surface area contributed by atoms with E-state index in [2.05, 4.69) is 18.7 Å². The van der Waals surface area contributed by atoms with Gasteiger partial charge < -0.3 is 10.2 Å². The highest BCUT2D eigenvalue weighted by molar-refractivity contribution is 4.81. The lowest BCUT2D eigenvalue weighted by Gasteiger charge is -2.38. The van der Waals surface area contributed by atoms with Crippen LogP contribution < -0.4 is 0 Å². The number of likely N-dealkylation sites (tertiary alicyclic amines) is 1. The summed E-state index contributed by atoms with van der Waals surface area (Å²) in [5, 5.41) is 18.6. The quantitative estimate of drug-likeness (QED) is 0.674. The predicted molar refractivity (Wildman–Crippen MR) is 52.5 cm³/mol. The van der Waals surface area contributed by atoms with Gasteiger partial charge in [-0.25, -0.2) is 0 Å². The van der Waals surface area contributed by atoms with Gasteiger partial charge in [-0.2, -0.15) is 0 Å². The van der Waals surface area contributed by atoms with Crippen LogP contribution in [0.5, 0.6) is 0 Å². The Morgan fingerprint density at radius 1 is 1.54 bits per heavy atom. The second-order valence-corrected chi connectivity index (χ2v) is 4.05. The lowest BCUT2D eigenvalue weighted by Crippen LogP contribution is -2.48. The molecule has 3 atom stereocenters. The maximum Gasteiger partial charge on any atom is 0.0717 e. The van der Waals surface area contributed by atoms with Crippen molar-refractivity contribution >= 4 is 0 Å². The normalized spacial score (nSPS) is 33.2. The molecule has 0 aromatic carbocycles. The summed E-state index contributed by atoms with van der Waals surface area (Å²) in [6.07, 6.45) is 1.70. The van der Waals surface area contributed by atoms with Gasteiger partial charge in [-0.1, -0.05) is 6.92 Å². The molecule has 1 heterocycles. The first-order chi connectivity index (χ1) is 6.19. The van der Waals surface area contributed by atoms with Crippen LogP contribution in [0.25, 0.3) is 0 Å². The van der Waals surface area contributed by atoms with Crippen molar-refractivity contribution in [3.8, 4) is 0 Å². The monoisotopic (exact) mass is 187 g/mol. The number of hydrogen-bond donors (Lipinski definition) is 2. The lowest BCUT2D eigenvalue weighted by molar-refractivity contribution is -0.0144. The molecule has 1 aliphatic rings. The second kappa shape index (κ2) is 4.94.